The second kappa shape index (κ2) is 7.78. The monoisotopic (exact) mass is 356 g/mol. The molecule has 2 aromatic rings. The van der Waals surface area contributed by atoms with Crippen LogP contribution in [0.25, 0.3) is 11.5 Å². The number of carbonyl (C=O) groups is 1. The van der Waals surface area contributed by atoms with Gasteiger partial charge in [0.1, 0.15) is 11.8 Å². The zero-order valence-corrected chi connectivity index (χ0v) is 14.8. The van der Waals surface area contributed by atoms with Gasteiger partial charge in [0.25, 0.3) is 0 Å². The maximum Gasteiger partial charge on any atom is 0.409 e. The van der Waals surface area contributed by atoms with Gasteiger partial charge < -0.3 is 23.7 Å². The minimum Gasteiger partial charge on any atom is -0.497 e. The first kappa shape index (κ1) is 17.6. The fourth-order valence-corrected chi connectivity index (χ4v) is 2.76. The third-order valence-corrected chi connectivity index (χ3v) is 4.15. The van der Waals surface area contributed by atoms with Crippen LogP contribution < -0.4 is 9.64 Å². The highest BCUT2D eigenvalue weighted by molar-refractivity contribution is 5.68. The Morgan fingerprint density at radius 3 is 2.54 bits per heavy atom. The number of hydrogen-bond donors (Lipinski definition) is 0. The van der Waals surface area contributed by atoms with Crippen LogP contribution in [0.5, 0.6) is 5.75 Å². The number of nitriles is 1. The van der Waals surface area contributed by atoms with E-state index < -0.39 is 0 Å². The molecule has 0 atom stereocenters. The molecule has 2 heterocycles. The maximum absolute atomic E-state index is 11.8. The Morgan fingerprint density at radius 2 is 1.96 bits per heavy atom. The van der Waals surface area contributed by atoms with Gasteiger partial charge in [-0.2, -0.15) is 10.2 Å². The second-order valence-corrected chi connectivity index (χ2v) is 5.69. The van der Waals surface area contributed by atoms with E-state index in [1.807, 2.05) is 29.2 Å². The van der Waals surface area contributed by atoms with Gasteiger partial charge in [0.05, 0.1) is 13.7 Å². The number of piperazine rings is 1. The van der Waals surface area contributed by atoms with Gasteiger partial charge in [0.15, 0.2) is 0 Å². The molecule has 0 saturated carbocycles. The van der Waals surface area contributed by atoms with Crippen molar-refractivity contribution in [2.24, 2.45) is 0 Å². The average Bonchev–Trinajstić information content (AvgIpc) is 3.13. The number of anilines is 1. The van der Waals surface area contributed by atoms with E-state index in [1.54, 1.807) is 18.9 Å². The number of methoxy groups -OCH3 is 1. The largest absolute Gasteiger partial charge is 0.497 e. The van der Waals surface area contributed by atoms with Crippen molar-refractivity contribution in [3.63, 3.8) is 0 Å². The summed E-state index contributed by atoms with van der Waals surface area (Å²) in [7, 11) is 1.60. The summed E-state index contributed by atoms with van der Waals surface area (Å²) in [5, 5.41) is 9.40. The van der Waals surface area contributed by atoms with Crippen LogP contribution in [0.15, 0.2) is 28.7 Å². The van der Waals surface area contributed by atoms with Crippen LogP contribution in [0.4, 0.5) is 10.7 Å². The van der Waals surface area contributed by atoms with E-state index in [2.05, 4.69) is 11.1 Å². The van der Waals surface area contributed by atoms with E-state index in [9.17, 15) is 10.1 Å². The Kier molecular flexibility index (Phi) is 5.27. The molecule has 1 saturated heterocycles. The van der Waals surface area contributed by atoms with Crippen LogP contribution in [-0.2, 0) is 4.74 Å². The minimum absolute atomic E-state index is 0.236. The summed E-state index contributed by atoms with van der Waals surface area (Å²) in [5.74, 6) is 1.55. The van der Waals surface area contributed by atoms with Gasteiger partial charge in [-0.3, -0.25) is 0 Å². The van der Waals surface area contributed by atoms with Crippen molar-refractivity contribution in [2.75, 3.05) is 44.8 Å². The number of carbonyl (C=O) groups excluding carboxylic acids is 1. The molecule has 0 bridgehead atoms. The Bertz CT molecular complexity index is 802. The molecule has 1 aromatic heterocycles. The number of amides is 1. The van der Waals surface area contributed by atoms with E-state index >= 15 is 0 Å². The van der Waals surface area contributed by atoms with Crippen molar-refractivity contribution in [3.8, 4) is 23.3 Å². The summed E-state index contributed by atoms with van der Waals surface area (Å²) in [4.78, 5) is 19.7. The molecule has 0 N–H and O–H groups in total. The molecule has 8 heteroatoms. The highest BCUT2D eigenvalue weighted by atomic mass is 16.6. The molecule has 1 aliphatic rings. The molecule has 0 aliphatic carbocycles. The van der Waals surface area contributed by atoms with Crippen LogP contribution >= 0.6 is 0 Å². The van der Waals surface area contributed by atoms with E-state index in [0.717, 1.165) is 11.3 Å². The average molecular weight is 356 g/mol. The lowest BCUT2D eigenvalue weighted by atomic mass is 10.2. The van der Waals surface area contributed by atoms with Gasteiger partial charge in [0, 0.05) is 31.7 Å². The van der Waals surface area contributed by atoms with E-state index in [0.29, 0.717) is 44.6 Å². The number of aromatic nitrogens is 1. The number of oxazole rings is 1. The number of nitrogens with zero attached hydrogens (tertiary/aromatic N) is 4. The zero-order valence-electron chi connectivity index (χ0n) is 14.8. The van der Waals surface area contributed by atoms with Crippen molar-refractivity contribution in [1.29, 1.82) is 5.26 Å². The maximum atomic E-state index is 11.8. The Labute approximate surface area is 151 Å². The topological polar surface area (TPSA) is 91.8 Å². The molecule has 136 valence electrons. The van der Waals surface area contributed by atoms with E-state index in [1.165, 1.54) is 0 Å². The van der Waals surface area contributed by atoms with Gasteiger partial charge in [-0.15, -0.1) is 0 Å². The standard InChI is InChI=1S/C18H20N4O4/c1-3-25-18(23)22-10-8-21(9-11-22)17-15(12-19)20-16(26-17)13-4-6-14(24-2)7-5-13/h4-7H,3,8-11H2,1-2H3. The quantitative estimate of drug-likeness (QED) is 0.831. The van der Waals surface area contributed by atoms with Crippen LogP contribution in [-0.4, -0.2) is 55.9 Å². The second-order valence-electron chi connectivity index (χ2n) is 5.69. The minimum atomic E-state index is -0.316. The van der Waals surface area contributed by atoms with Crippen molar-refractivity contribution in [3.05, 3.63) is 30.0 Å². The predicted molar refractivity (Wildman–Crippen MR) is 94.0 cm³/mol. The Morgan fingerprint density at radius 1 is 1.27 bits per heavy atom. The first-order chi connectivity index (χ1) is 12.7. The lowest BCUT2D eigenvalue weighted by molar-refractivity contribution is 0.105. The highest BCUT2D eigenvalue weighted by Gasteiger charge is 2.27. The fourth-order valence-electron chi connectivity index (χ4n) is 2.76. The molecule has 1 aromatic carbocycles. The van der Waals surface area contributed by atoms with Crippen molar-refractivity contribution in [2.45, 2.75) is 6.92 Å². The number of rotatable bonds is 4. The van der Waals surface area contributed by atoms with Crippen LogP contribution in [0.3, 0.4) is 0 Å². The lowest BCUT2D eigenvalue weighted by Crippen LogP contribution is -2.49. The number of benzene rings is 1. The molecule has 1 amide bonds. The fraction of sp³-hybridized carbons (Fsp3) is 0.389. The van der Waals surface area contributed by atoms with Crippen molar-refractivity contribution < 1.29 is 18.7 Å². The molecule has 0 radical (unpaired) electrons. The van der Waals surface area contributed by atoms with Gasteiger partial charge in [0.2, 0.25) is 17.5 Å². The summed E-state index contributed by atoms with van der Waals surface area (Å²) < 4.78 is 16.0. The van der Waals surface area contributed by atoms with Crippen molar-refractivity contribution in [1.82, 2.24) is 9.88 Å². The number of hydrogen-bond acceptors (Lipinski definition) is 7. The molecule has 3 rings (SSSR count). The zero-order chi connectivity index (χ0) is 18.5. The highest BCUT2D eigenvalue weighted by Crippen LogP contribution is 2.29. The van der Waals surface area contributed by atoms with Crippen molar-refractivity contribution >= 4 is 12.0 Å². The molecule has 8 nitrogen and oxygen atoms in total. The summed E-state index contributed by atoms with van der Waals surface area (Å²) in [6.07, 6.45) is -0.316. The van der Waals surface area contributed by atoms with Gasteiger partial charge in [-0.1, -0.05) is 0 Å². The Hall–Kier alpha value is -3.21. The molecule has 26 heavy (non-hydrogen) atoms. The SMILES string of the molecule is CCOC(=O)N1CCN(c2oc(-c3ccc(OC)cc3)nc2C#N)CC1. The van der Waals surface area contributed by atoms with Gasteiger partial charge >= 0.3 is 6.09 Å². The summed E-state index contributed by atoms with van der Waals surface area (Å²) in [6, 6.07) is 9.36. The Balaban J connectivity index is 1.75. The van der Waals surface area contributed by atoms with Crippen LogP contribution in [0.2, 0.25) is 0 Å². The molecule has 1 fully saturated rings. The molecular formula is C18H20N4O4. The van der Waals surface area contributed by atoms with Gasteiger partial charge in [-0.05, 0) is 31.2 Å². The van der Waals surface area contributed by atoms with Crippen LogP contribution in [0.1, 0.15) is 12.6 Å². The molecule has 1 aliphatic heterocycles. The van der Waals surface area contributed by atoms with E-state index in [-0.39, 0.29) is 11.8 Å². The van der Waals surface area contributed by atoms with Crippen LogP contribution in [0, 0.1) is 11.3 Å². The molecule has 0 spiro atoms. The third kappa shape index (κ3) is 3.57. The third-order valence-electron chi connectivity index (χ3n) is 4.15. The summed E-state index contributed by atoms with van der Waals surface area (Å²) in [5.41, 5.74) is 0.999. The summed E-state index contributed by atoms with van der Waals surface area (Å²) in [6.45, 7) is 4.23. The summed E-state index contributed by atoms with van der Waals surface area (Å²) >= 11 is 0. The first-order valence-corrected chi connectivity index (χ1v) is 8.38. The number of ether oxygens (including phenoxy) is 2. The molecule has 0 unspecified atom stereocenters. The molecular weight excluding hydrogens is 336 g/mol. The predicted octanol–water partition coefficient (Wildman–Crippen LogP) is 2.50. The van der Waals surface area contributed by atoms with E-state index in [4.69, 9.17) is 13.9 Å². The smallest absolute Gasteiger partial charge is 0.409 e. The first-order valence-electron chi connectivity index (χ1n) is 8.38. The normalized spacial score (nSPS) is 14.0. The van der Waals surface area contributed by atoms with Gasteiger partial charge in [-0.25, -0.2) is 4.79 Å². The lowest BCUT2D eigenvalue weighted by Gasteiger charge is -2.33.